The van der Waals surface area contributed by atoms with Crippen molar-refractivity contribution in [3.05, 3.63) is 101 Å². The third-order valence-corrected chi connectivity index (χ3v) is 9.08. The Balaban J connectivity index is 1.61. The Hall–Kier alpha value is -3.88. The molecular weight excluding hydrogens is 532 g/mol. The van der Waals surface area contributed by atoms with Crippen LogP contribution in [0.1, 0.15) is 33.1 Å². The molecule has 3 aromatic carbocycles. The second-order valence-electron chi connectivity index (χ2n) is 10.7. The summed E-state index contributed by atoms with van der Waals surface area (Å²) in [7, 11) is 0. The number of amides is 2. The van der Waals surface area contributed by atoms with Crippen molar-refractivity contribution in [2.75, 3.05) is 43.5 Å². The quantitative estimate of drug-likeness (QED) is 0.320. The van der Waals surface area contributed by atoms with E-state index in [-0.39, 0.29) is 29.4 Å². The number of anilines is 1. The number of carbonyl (C=O) groups is 2. The molecule has 1 fully saturated rings. The van der Waals surface area contributed by atoms with Gasteiger partial charge < -0.3 is 9.64 Å². The van der Waals surface area contributed by atoms with Crippen molar-refractivity contribution in [2.45, 2.75) is 26.0 Å². The molecule has 4 aromatic rings. The first-order valence-corrected chi connectivity index (χ1v) is 15.1. The molecule has 0 bridgehead atoms. The van der Waals surface area contributed by atoms with Crippen LogP contribution in [-0.2, 0) is 14.3 Å². The lowest BCUT2D eigenvalue weighted by Gasteiger charge is -2.30. The van der Waals surface area contributed by atoms with Crippen molar-refractivity contribution in [1.29, 1.82) is 0 Å². The van der Waals surface area contributed by atoms with E-state index in [0.717, 1.165) is 44.8 Å². The summed E-state index contributed by atoms with van der Waals surface area (Å²) in [5, 5.41) is 5.09. The molecule has 7 nitrogen and oxygen atoms in total. The minimum atomic E-state index is -0.145. The van der Waals surface area contributed by atoms with E-state index in [0.29, 0.717) is 32.1 Å². The molecule has 2 aliphatic heterocycles. The van der Waals surface area contributed by atoms with Gasteiger partial charge in [0.15, 0.2) is 0 Å². The fraction of sp³-hybridized carbons (Fsp3) is 0.303. The zero-order chi connectivity index (χ0) is 28.5. The molecule has 0 unspecified atom stereocenters. The number of hydrogen-bond acceptors (Lipinski definition) is 5. The van der Waals surface area contributed by atoms with Gasteiger partial charge in [0.05, 0.1) is 35.6 Å². The molecule has 0 radical (unpaired) electrons. The second kappa shape index (κ2) is 11.5. The van der Waals surface area contributed by atoms with Crippen LogP contribution in [0.25, 0.3) is 16.9 Å². The minimum absolute atomic E-state index is 0.0439. The van der Waals surface area contributed by atoms with E-state index < -0.39 is 0 Å². The van der Waals surface area contributed by atoms with Crippen LogP contribution >= 0.6 is 11.8 Å². The van der Waals surface area contributed by atoms with Gasteiger partial charge in [0.1, 0.15) is 12.4 Å². The number of ether oxygens (including phenoxy) is 1. The normalized spacial score (nSPS) is 17.3. The minimum Gasteiger partial charge on any atom is -0.378 e. The molecule has 6 rings (SSSR count). The van der Waals surface area contributed by atoms with Crippen molar-refractivity contribution in [3.8, 4) is 16.9 Å². The average molecular weight is 567 g/mol. The number of nitrogens with zero attached hydrogens (tertiary/aromatic N) is 4. The molecule has 2 aliphatic rings. The molecule has 41 heavy (non-hydrogen) atoms. The Morgan fingerprint density at radius 1 is 0.951 bits per heavy atom. The van der Waals surface area contributed by atoms with E-state index in [1.165, 1.54) is 0 Å². The van der Waals surface area contributed by atoms with Crippen LogP contribution in [0.5, 0.6) is 0 Å². The Morgan fingerprint density at radius 2 is 1.68 bits per heavy atom. The van der Waals surface area contributed by atoms with E-state index >= 15 is 0 Å². The average Bonchev–Trinajstić information content (AvgIpc) is 3.30. The van der Waals surface area contributed by atoms with Crippen LogP contribution in [0.2, 0.25) is 0 Å². The van der Waals surface area contributed by atoms with E-state index in [9.17, 15) is 9.59 Å². The number of rotatable bonds is 5. The number of morpholine rings is 1. The predicted octanol–water partition coefficient (Wildman–Crippen LogP) is 5.49. The van der Waals surface area contributed by atoms with E-state index in [4.69, 9.17) is 9.84 Å². The summed E-state index contributed by atoms with van der Waals surface area (Å²) in [6.45, 7) is 8.27. The topological polar surface area (TPSA) is 67.7 Å². The third kappa shape index (κ3) is 5.29. The molecule has 0 spiro atoms. The Bertz CT molecular complexity index is 1590. The van der Waals surface area contributed by atoms with Crippen LogP contribution in [-0.4, -0.2) is 65.1 Å². The Kier molecular flexibility index (Phi) is 7.69. The molecule has 210 valence electrons. The summed E-state index contributed by atoms with van der Waals surface area (Å²) in [5.41, 5.74) is 8.13. The smallest absolute Gasteiger partial charge is 0.242 e. The summed E-state index contributed by atoms with van der Waals surface area (Å²) in [5.74, 6) is 0.743. The Labute approximate surface area is 245 Å². The summed E-state index contributed by atoms with van der Waals surface area (Å²) in [6.07, 6.45) is 0. The highest BCUT2D eigenvalue weighted by Crippen LogP contribution is 2.49. The van der Waals surface area contributed by atoms with Gasteiger partial charge in [-0.1, -0.05) is 72.3 Å². The molecule has 8 heteroatoms. The molecular formula is C33H34N4O3S. The molecule has 2 amide bonds. The number of fused-ring (bicyclic) bond motifs is 1. The first-order chi connectivity index (χ1) is 19.9. The summed E-state index contributed by atoms with van der Waals surface area (Å²) in [4.78, 5) is 31.1. The molecule has 0 N–H and O–H groups in total. The largest absolute Gasteiger partial charge is 0.378 e. The summed E-state index contributed by atoms with van der Waals surface area (Å²) >= 11 is 1.60. The van der Waals surface area contributed by atoms with Gasteiger partial charge in [-0.25, -0.2) is 4.68 Å². The van der Waals surface area contributed by atoms with Crippen molar-refractivity contribution < 1.29 is 14.3 Å². The van der Waals surface area contributed by atoms with Crippen LogP contribution in [0.15, 0.2) is 72.8 Å². The highest BCUT2D eigenvalue weighted by molar-refractivity contribution is 8.00. The number of carbonyl (C=O) groups excluding carboxylic acids is 2. The zero-order valence-electron chi connectivity index (χ0n) is 23.7. The number of aryl methyl sites for hydroxylation is 3. The van der Waals surface area contributed by atoms with Crippen molar-refractivity contribution in [2.24, 2.45) is 0 Å². The summed E-state index contributed by atoms with van der Waals surface area (Å²) < 4.78 is 7.37. The molecule has 0 saturated carbocycles. The predicted molar refractivity (Wildman–Crippen MR) is 164 cm³/mol. The first-order valence-electron chi connectivity index (χ1n) is 14.0. The SMILES string of the molecule is Cc1ccc(-n2nc(-c3ccccc3)c3c2N(CC(=O)N2CCOCC2)C(=O)CS[C@@H]3c2ccccc2C)c(C)c1. The second-order valence-corrected chi connectivity index (χ2v) is 11.8. The van der Waals surface area contributed by atoms with Crippen LogP contribution in [0.4, 0.5) is 5.82 Å². The van der Waals surface area contributed by atoms with E-state index in [2.05, 4.69) is 63.2 Å². The van der Waals surface area contributed by atoms with Crippen LogP contribution in [0.3, 0.4) is 0 Å². The highest BCUT2D eigenvalue weighted by atomic mass is 32.2. The van der Waals surface area contributed by atoms with E-state index in [1.54, 1.807) is 21.6 Å². The molecule has 1 atom stereocenters. The molecule has 3 heterocycles. The highest BCUT2D eigenvalue weighted by Gasteiger charge is 2.38. The lowest BCUT2D eigenvalue weighted by molar-refractivity contribution is -0.134. The van der Waals surface area contributed by atoms with Crippen LogP contribution < -0.4 is 4.90 Å². The third-order valence-electron chi connectivity index (χ3n) is 7.84. The van der Waals surface area contributed by atoms with Gasteiger partial charge in [0.25, 0.3) is 0 Å². The monoisotopic (exact) mass is 566 g/mol. The van der Waals surface area contributed by atoms with Gasteiger partial charge in [-0.3, -0.25) is 14.5 Å². The fourth-order valence-electron chi connectivity index (χ4n) is 5.71. The number of benzene rings is 3. The van der Waals surface area contributed by atoms with Gasteiger partial charge in [-0.15, -0.1) is 11.8 Å². The fourth-order valence-corrected chi connectivity index (χ4v) is 7.01. The molecule has 1 aromatic heterocycles. The van der Waals surface area contributed by atoms with E-state index in [1.807, 2.05) is 35.0 Å². The number of aromatic nitrogens is 2. The lowest BCUT2D eigenvalue weighted by Crippen LogP contribution is -2.48. The van der Waals surface area contributed by atoms with Gasteiger partial charge in [-0.05, 0) is 43.5 Å². The Morgan fingerprint density at radius 3 is 2.41 bits per heavy atom. The first kappa shape index (κ1) is 27.3. The maximum absolute atomic E-state index is 14.0. The number of thioether (sulfide) groups is 1. The summed E-state index contributed by atoms with van der Waals surface area (Å²) in [6, 6.07) is 24.7. The van der Waals surface area contributed by atoms with Crippen molar-refractivity contribution in [3.63, 3.8) is 0 Å². The molecule has 1 saturated heterocycles. The maximum atomic E-state index is 14.0. The van der Waals surface area contributed by atoms with Crippen LogP contribution in [0, 0.1) is 20.8 Å². The standard InChI is InChI=1S/C33H34N4O3S/c1-22-13-14-27(24(3)19-22)37-33-30(31(34-37)25-10-5-4-6-11-25)32(26-12-8-7-9-23(26)2)41-21-29(39)36(33)20-28(38)35-15-17-40-18-16-35/h4-14,19,32H,15-18,20-21H2,1-3H3/t32-/m1/s1. The molecule has 0 aliphatic carbocycles. The zero-order valence-corrected chi connectivity index (χ0v) is 24.5. The van der Waals surface area contributed by atoms with Crippen molar-refractivity contribution >= 4 is 29.4 Å². The maximum Gasteiger partial charge on any atom is 0.242 e. The van der Waals surface area contributed by atoms with Gasteiger partial charge in [0, 0.05) is 24.2 Å². The van der Waals surface area contributed by atoms with Crippen molar-refractivity contribution in [1.82, 2.24) is 14.7 Å². The lowest BCUT2D eigenvalue weighted by atomic mass is 9.96. The van der Waals surface area contributed by atoms with Gasteiger partial charge >= 0.3 is 0 Å². The number of hydrogen-bond donors (Lipinski definition) is 0. The van der Waals surface area contributed by atoms with Gasteiger partial charge in [0.2, 0.25) is 11.8 Å². The van der Waals surface area contributed by atoms with Gasteiger partial charge in [-0.2, -0.15) is 5.10 Å².